The Labute approximate surface area is 190 Å². The summed E-state index contributed by atoms with van der Waals surface area (Å²) in [7, 11) is 0. The lowest BCUT2D eigenvalue weighted by atomic mass is 10.1. The first-order chi connectivity index (χ1) is 15.5. The molecule has 0 bridgehead atoms. The minimum atomic E-state index is -0.136. The highest BCUT2D eigenvalue weighted by atomic mass is 16.2. The number of carbonyl (C=O) groups is 2. The molecule has 1 N–H and O–H groups in total. The quantitative estimate of drug-likeness (QED) is 0.719. The minimum Gasteiger partial charge on any atom is -0.326 e. The van der Waals surface area contributed by atoms with Crippen LogP contribution < -0.4 is 10.2 Å². The summed E-state index contributed by atoms with van der Waals surface area (Å²) in [5.41, 5.74) is 2.93. The maximum Gasteiger partial charge on any atom is 0.228 e. The van der Waals surface area contributed by atoms with E-state index in [0.29, 0.717) is 6.54 Å². The van der Waals surface area contributed by atoms with E-state index in [0.717, 1.165) is 69.4 Å². The molecule has 2 amide bonds. The van der Waals surface area contributed by atoms with E-state index in [1.807, 2.05) is 29.8 Å². The van der Waals surface area contributed by atoms with Gasteiger partial charge in [-0.25, -0.2) is 4.68 Å². The highest BCUT2D eigenvalue weighted by Crippen LogP contribution is 2.22. The highest BCUT2D eigenvalue weighted by Gasteiger charge is 2.24. The third-order valence-electron chi connectivity index (χ3n) is 6.33. The van der Waals surface area contributed by atoms with E-state index in [1.165, 1.54) is 5.56 Å². The second-order valence-corrected chi connectivity index (χ2v) is 8.72. The van der Waals surface area contributed by atoms with Gasteiger partial charge in [-0.15, -0.1) is 0 Å². The number of hydrogen-bond donors (Lipinski definition) is 1. The number of hydrogen-bond acceptors (Lipinski definition) is 5. The van der Waals surface area contributed by atoms with E-state index in [-0.39, 0.29) is 24.7 Å². The van der Waals surface area contributed by atoms with Gasteiger partial charge in [0.05, 0.1) is 5.69 Å². The van der Waals surface area contributed by atoms with Gasteiger partial charge in [0.25, 0.3) is 0 Å². The molecule has 32 heavy (non-hydrogen) atoms. The molecule has 4 rings (SSSR count). The Morgan fingerprint density at radius 3 is 2.41 bits per heavy atom. The van der Waals surface area contributed by atoms with Crippen molar-refractivity contribution >= 4 is 23.3 Å². The molecule has 172 valence electrons. The summed E-state index contributed by atoms with van der Waals surface area (Å²) in [4.78, 5) is 31.8. The van der Waals surface area contributed by atoms with Crippen LogP contribution in [-0.4, -0.2) is 70.7 Å². The Balaban J connectivity index is 1.23. The van der Waals surface area contributed by atoms with Crippen molar-refractivity contribution in [1.82, 2.24) is 19.6 Å². The zero-order valence-corrected chi connectivity index (χ0v) is 19.2. The van der Waals surface area contributed by atoms with Gasteiger partial charge in [-0.05, 0) is 37.6 Å². The van der Waals surface area contributed by atoms with E-state index in [1.54, 1.807) is 4.90 Å². The van der Waals surface area contributed by atoms with Crippen molar-refractivity contribution in [3.05, 3.63) is 41.6 Å². The molecule has 0 atom stereocenters. The standard InChI is InChI=1S/C24H34N6O2/c1-3-27-13-15-28(16-14-27)18-20-5-7-21(8-6-20)25-22(31)9-10-24(32)29-11-4-12-30-23(29)17-19(2)26-30/h5-8,17H,3-4,9-16,18H2,1-2H3,(H,25,31). The Bertz CT molecular complexity index is 930. The highest BCUT2D eigenvalue weighted by molar-refractivity contribution is 5.97. The summed E-state index contributed by atoms with van der Waals surface area (Å²) in [6.45, 7) is 12.2. The summed E-state index contributed by atoms with van der Waals surface area (Å²) in [5.74, 6) is 0.675. The predicted octanol–water partition coefficient (Wildman–Crippen LogP) is 2.48. The minimum absolute atomic E-state index is 0.0282. The Hall–Kier alpha value is -2.71. The summed E-state index contributed by atoms with van der Waals surface area (Å²) >= 11 is 0. The smallest absolute Gasteiger partial charge is 0.228 e. The van der Waals surface area contributed by atoms with Gasteiger partial charge in [-0.1, -0.05) is 19.1 Å². The molecule has 1 saturated heterocycles. The molecule has 0 aliphatic carbocycles. The number of carbonyl (C=O) groups excluding carboxylic acids is 2. The maximum absolute atomic E-state index is 12.7. The lowest BCUT2D eigenvalue weighted by molar-refractivity contribution is -0.122. The van der Waals surface area contributed by atoms with Crippen molar-refractivity contribution in [3.63, 3.8) is 0 Å². The average molecular weight is 439 g/mol. The van der Waals surface area contributed by atoms with Crippen LogP contribution in [0.15, 0.2) is 30.3 Å². The van der Waals surface area contributed by atoms with Crippen molar-refractivity contribution < 1.29 is 9.59 Å². The van der Waals surface area contributed by atoms with Crippen LogP contribution in [0.1, 0.15) is 37.4 Å². The second kappa shape index (κ2) is 10.3. The SMILES string of the molecule is CCN1CCN(Cc2ccc(NC(=O)CCC(=O)N3CCCn4nc(C)cc43)cc2)CC1. The summed E-state index contributed by atoms with van der Waals surface area (Å²) in [5, 5.41) is 7.34. The summed E-state index contributed by atoms with van der Waals surface area (Å²) in [6, 6.07) is 9.98. The number of aromatic nitrogens is 2. The Morgan fingerprint density at radius 2 is 1.69 bits per heavy atom. The monoisotopic (exact) mass is 438 g/mol. The zero-order valence-electron chi connectivity index (χ0n) is 19.2. The fraction of sp³-hybridized carbons (Fsp3) is 0.542. The number of benzene rings is 1. The van der Waals surface area contributed by atoms with E-state index < -0.39 is 0 Å². The van der Waals surface area contributed by atoms with Crippen LogP contribution in [0.25, 0.3) is 0 Å². The molecule has 0 spiro atoms. The maximum atomic E-state index is 12.7. The zero-order chi connectivity index (χ0) is 22.5. The van der Waals surface area contributed by atoms with Gasteiger partial charge in [-0.3, -0.25) is 19.4 Å². The number of aryl methyl sites for hydroxylation is 2. The van der Waals surface area contributed by atoms with Gasteiger partial charge in [0, 0.05) is 70.4 Å². The average Bonchev–Trinajstić information content (AvgIpc) is 3.19. The number of anilines is 2. The number of piperazine rings is 1. The van der Waals surface area contributed by atoms with Crippen molar-refractivity contribution in [2.24, 2.45) is 0 Å². The van der Waals surface area contributed by atoms with Crippen molar-refractivity contribution in [3.8, 4) is 0 Å². The number of amides is 2. The van der Waals surface area contributed by atoms with Gasteiger partial charge < -0.3 is 10.2 Å². The first-order valence-corrected chi connectivity index (χ1v) is 11.7. The van der Waals surface area contributed by atoms with Gasteiger partial charge in [-0.2, -0.15) is 5.10 Å². The van der Waals surface area contributed by atoms with Gasteiger partial charge in [0.2, 0.25) is 11.8 Å². The van der Waals surface area contributed by atoms with E-state index in [4.69, 9.17) is 0 Å². The summed E-state index contributed by atoms with van der Waals surface area (Å²) in [6.07, 6.45) is 1.25. The molecule has 1 aromatic heterocycles. The number of rotatable bonds is 7. The van der Waals surface area contributed by atoms with Crippen LogP contribution in [0.5, 0.6) is 0 Å². The molecule has 2 aromatic rings. The van der Waals surface area contributed by atoms with Crippen molar-refractivity contribution in [1.29, 1.82) is 0 Å². The van der Waals surface area contributed by atoms with Crippen LogP contribution in [0.2, 0.25) is 0 Å². The molecule has 0 radical (unpaired) electrons. The second-order valence-electron chi connectivity index (χ2n) is 8.72. The van der Waals surface area contributed by atoms with Crippen molar-refractivity contribution in [2.75, 3.05) is 49.5 Å². The Kier molecular flexibility index (Phi) is 7.22. The number of nitrogens with zero attached hydrogens (tertiary/aromatic N) is 5. The van der Waals surface area contributed by atoms with Gasteiger partial charge in [0.15, 0.2) is 0 Å². The van der Waals surface area contributed by atoms with Crippen LogP contribution in [0.3, 0.4) is 0 Å². The lowest BCUT2D eigenvalue weighted by Crippen LogP contribution is -2.45. The predicted molar refractivity (Wildman–Crippen MR) is 126 cm³/mol. The van der Waals surface area contributed by atoms with E-state index in [2.05, 4.69) is 39.3 Å². The molecule has 8 heteroatoms. The van der Waals surface area contributed by atoms with Crippen LogP contribution in [0, 0.1) is 6.92 Å². The van der Waals surface area contributed by atoms with Crippen molar-refractivity contribution in [2.45, 2.75) is 46.2 Å². The lowest BCUT2D eigenvalue weighted by Gasteiger charge is -2.34. The first kappa shape index (κ1) is 22.5. The molecule has 1 aromatic carbocycles. The molecular weight excluding hydrogens is 404 g/mol. The molecule has 3 heterocycles. The molecule has 2 aliphatic rings. The number of nitrogens with one attached hydrogen (secondary N) is 1. The van der Waals surface area contributed by atoms with Crippen LogP contribution in [-0.2, 0) is 22.7 Å². The fourth-order valence-corrected chi connectivity index (χ4v) is 4.45. The number of likely N-dealkylation sites (N-methyl/N-ethyl adjacent to an activating group) is 1. The van der Waals surface area contributed by atoms with E-state index in [9.17, 15) is 9.59 Å². The van der Waals surface area contributed by atoms with E-state index >= 15 is 0 Å². The molecule has 0 saturated carbocycles. The molecular formula is C24H34N6O2. The van der Waals surface area contributed by atoms with Crippen LogP contribution in [0.4, 0.5) is 11.5 Å². The third-order valence-corrected chi connectivity index (χ3v) is 6.33. The fourth-order valence-electron chi connectivity index (χ4n) is 4.45. The number of fused-ring (bicyclic) bond motifs is 1. The first-order valence-electron chi connectivity index (χ1n) is 11.7. The van der Waals surface area contributed by atoms with Crippen LogP contribution >= 0.6 is 0 Å². The molecule has 0 unspecified atom stereocenters. The molecule has 8 nitrogen and oxygen atoms in total. The Morgan fingerprint density at radius 1 is 0.969 bits per heavy atom. The normalized spacial score (nSPS) is 17.2. The summed E-state index contributed by atoms with van der Waals surface area (Å²) < 4.78 is 1.88. The van der Waals surface area contributed by atoms with Gasteiger partial charge >= 0.3 is 0 Å². The third kappa shape index (κ3) is 5.55. The molecule has 2 aliphatic heterocycles. The molecule has 1 fully saturated rings. The topological polar surface area (TPSA) is 73.7 Å². The largest absolute Gasteiger partial charge is 0.326 e. The van der Waals surface area contributed by atoms with Gasteiger partial charge in [0.1, 0.15) is 5.82 Å².